The molecule has 0 spiro atoms. The fourth-order valence-corrected chi connectivity index (χ4v) is 4.60. The third-order valence-electron chi connectivity index (χ3n) is 5.43. The van der Waals surface area contributed by atoms with Gasteiger partial charge in [0.15, 0.2) is 11.5 Å². The van der Waals surface area contributed by atoms with Crippen molar-refractivity contribution in [3.05, 3.63) is 34.9 Å². The molecule has 4 rings (SSSR count). The minimum absolute atomic E-state index is 0.162. The molecule has 2 amide bonds. The topological polar surface area (TPSA) is 68.2 Å². The molecule has 6 nitrogen and oxygen atoms in total. The molecule has 2 aliphatic carbocycles. The summed E-state index contributed by atoms with van der Waals surface area (Å²) in [6, 6.07) is 3.39. The first kappa shape index (κ1) is 19.0. The number of methoxy groups -OCH3 is 1. The van der Waals surface area contributed by atoms with Crippen LogP contribution in [0.3, 0.4) is 0 Å². The normalized spacial score (nSPS) is 28.5. The quantitative estimate of drug-likeness (QED) is 0.438. The van der Waals surface area contributed by atoms with Crippen LogP contribution in [0.25, 0.3) is 0 Å². The summed E-state index contributed by atoms with van der Waals surface area (Å²) in [5.41, 5.74) is 0.174. The number of carbonyl (C=O) groups is 2. The van der Waals surface area contributed by atoms with E-state index >= 15 is 0 Å². The van der Waals surface area contributed by atoms with Crippen LogP contribution in [0.4, 0.5) is 0 Å². The summed E-state index contributed by atoms with van der Waals surface area (Å²) in [7, 11) is 1.53. The van der Waals surface area contributed by atoms with Crippen molar-refractivity contribution >= 4 is 29.6 Å². The Balaban J connectivity index is 1.58. The number of hydrogen-bond donors (Lipinski definition) is 0. The van der Waals surface area contributed by atoms with Gasteiger partial charge in [0.2, 0.25) is 0 Å². The zero-order chi connectivity index (χ0) is 20.2. The SMILES string of the molecule is COc1cc(C=NN2C(=O)[C@@H]3[C@H](C2=O)[C@H]2C=C[C@H]3C2)cc(Cl)c1OC(C)(C)C. The highest BCUT2D eigenvalue weighted by molar-refractivity contribution is 6.32. The van der Waals surface area contributed by atoms with Gasteiger partial charge in [0.1, 0.15) is 5.60 Å². The minimum atomic E-state index is -0.438. The summed E-state index contributed by atoms with van der Waals surface area (Å²) in [5.74, 6) is 0.273. The van der Waals surface area contributed by atoms with Crippen molar-refractivity contribution in [1.82, 2.24) is 5.01 Å². The molecule has 1 saturated heterocycles. The first-order valence-corrected chi connectivity index (χ1v) is 9.74. The Labute approximate surface area is 169 Å². The Morgan fingerprint density at radius 3 is 2.29 bits per heavy atom. The van der Waals surface area contributed by atoms with Crippen LogP contribution in [0, 0.1) is 23.7 Å². The summed E-state index contributed by atoms with van der Waals surface area (Å²) in [4.78, 5) is 25.4. The molecule has 2 fully saturated rings. The van der Waals surface area contributed by atoms with E-state index in [0.29, 0.717) is 22.1 Å². The molecule has 1 heterocycles. The molecule has 3 aliphatic rings. The average Bonchev–Trinajstić information content (AvgIpc) is 3.29. The first-order valence-electron chi connectivity index (χ1n) is 9.36. The van der Waals surface area contributed by atoms with E-state index in [0.717, 1.165) is 11.4 Å². The Kier molecular flexibility index (Phi) is 4.49. The number of hydrogen-bond acceptors (Lipinski definition) is 5. The number of fused-ring (bicyclic) bond motifs is 5. The lowest BCUT2D eigenvalue weighted by Crippen LogP contribution is -2.28. The molecule has 148 valence electrons. The predicted octanol–water partition coefficient (Wildman–Crippen LogP) is 3.67. The molecular formula is C21H23ClN2O4. The molecule has 1 aromatic carbocycles. The van der Waals surface area contributed by atoms with Gasteiger partial charge in [-0.25, -0.2) is 0 Å². The van der Waals surface area contributed by atoms with Gasteiger partial charge in [-0.1, -0.05) is 23.8 Å². The van der Waals surface area contributed by atoms with Gasteiger partial charge in [0.05, 0.1) is 30.2 Å². The smallest absolute Gasteiger partial charge is 0.254 e. The van der Waals surface area contributed by atoms with Crippen LogP contribution in [-0.2, 0) is 9.59 Å². The van der Waals surface area contributed by atoms with Gasteiger partial charge >= 0.3 is 0 Å². The first-order chi connectivity index (χ1) is 13.2. The fourth-order valence-electron chi connectivity index (χ4n) is 4.34. The van der Waals surface area contributed by atoms with Crippen molar-refractivity contribution in [2.75, 3.05) is 7.11 Å². The van der Waals surface area contributed by atoms with E-state index < -0.39 is 5.60 Å². The highest BCUT2D eigenvalue weighted by atomic mass is 35.5. The Bertz CT molecular complexity index is 872. The van der Waals surface area contributed by atoms with Crippen molar-refractivity contribution in [3.8, 4) is 11.5 Å². The van der Waals surface area contributed by atoms with Gasteiger partial charge in [-0.2, -0.15) is 10.1 Å². The van der Waals surface area contributed by atoms with E-state index in [1.807, 2.05) is 20.8 Å². The summed E-state index contributed by atoms with van der Waals surface area (Å²) in [6.45, 7) is 5.75. The summed E-state index contributed by atoms with van der Waals surface area (Å²) < 4.78 is 11.3. The van der Waals surface area contributed by atoms with Gasteiger partial charge in [0.25, 0.3) is 11.8 Å². The molecule has 1 saturated carbocycles. The van der Waals surface area contributed by atoms with Crippen molar-refractivity contribution < 1.29 is 19.1 Å². The number of benzene rings is 1. The number of allylic oxidation sites excluding steroid dienone is 2. The van der Waals surface area contributed by atoms with Gasteiger partial charge in [-0.15, -0.1) is 0 Å². The molecular weight excluding hydrogens is 380 g/mol. The molecule has 2 bridgehead atoms. The molecule has 0 N–H and O–H groups in total. The summed E-state index contributed by atoms with van der Waals surface area (Å²) in [6.07, 6.45) is 6.47. The number of ether oxygens (including phenoxy) is 2. The van der Waals surface area contributed by atoms with Crippen molar-refractivity contribution in [2.24, 2.45) is 28.8 Å². The van der Waals surface area contributed by atoms with E-state index in [-0.39, 0.29) is 35.5 Å². The lowest BCUT2D eigenvalue weighted by atomic mass is 9.85. The molecule has 0 radical (unpaired) electrons. The predicted molar refractivity (Wildman–Crippen MR) is 106 cm³/mol. The third kappa shape index (κ3) is 3.09. The van der Waals surface area contributed by atoms with Gasteiger partial charge in [-0.3, -0.25) is 9.59 Å². The fraction of sp³-hybridized carbons (Fsp3) is 0.476. The van der Waals surface area contributed by atoms with Crippen molar-refractivity contribution in [1.29, 1.82) is 0 Å². The van der Waals surface area contributed by atoms with Gasteiger partial charge < -0.3 is 9.47 Å². The van der Waals surface area contributed by atoms with E-state index in [4.69, 9.17) is 21.1 Å². The minimum Gasteiger partial charge on any atom is -0.493 e. The van der Waals surface area contributed by atoms with Crippen LogP contribution < -0.4 is 9.47 Å². The maximum Gasteiger partial charge on any atom is 0.254 e. The maximum absolute atomic E-state index is 12.7. The maximum atomic E-state index is 12.7. The zero-order valence-corrected chi connectivity index (χ0v) is 17.1. The lowest BCUT2D eigenvalue weighted by molar-refractivity contribution is -0.140. The van der Waals surface area contributed by atoms with Crippen molar-refractivity contribution in [3.63, 3.8) is 0 Å². The van der Waals surface area contributed by atoms with Crippen LogP contribution in [0.1, 0.15) is 32.8 Å². The molecule has 1 aliphatic heterocycles. The van der Waals surface area contributed by atoms with Crippen molar-refractivity contribution in [2.45, 2.75) is 32.8 Å². The second kappa shape index (κ2) is 6.62. The number of nitrogens with zero attached hydrogens (tertiary/aromatic N) is 2. The highest BCUT2D eigenvalue weighted by Crippen LogP contribution is 2.52. The van der Waals surface area contributed by atoms with Gasteiger partial charge in [-0.05, 0) is 56.7 Å². The second-order valence-electron chi connectivity index (χ2n) is 8.48. The van der Waals surface area contributed by atoms with Crippen LogP contribution in [-0.4, -0.2) is 35.7 Å². The number of amides is 2. The Hall–Kier alpha value is -2.34. The lowest BCUT2D eigenvalue weighted by Gasteiger charge is -2.23. The molecule has 4 atom stereocenters. The van der Waals surface area contributed by atoms with Crippen LogP contribution in [0.2, 0.25) is 5.02 Å². The molecule has 0 aromatic heterocycles. The second-order valence-corrected chi connectivity index (χ2v) is 8.89. The number of hydrazone groups is 1. The molecule has 28 heavy (non-hydrogen) atoms. The Morgan fingerprint density at radius 1 is 1.14 bits per heavy atom. The number of carbonyl (C=O) groups excluding carboxylic acids is 2. The van der Waals surface area contributed by atoms with Crippen LogP contribution >= 0.6 is 11.6 Å². The summed E-state index contributed by atoms with van der Waals surface area (Å²) >= 11 is 6.37. The highest BCUT2D eigenvalue weighted by Gasteiger charge is 2.59. The van der Waals surface area contributed by atoms with E-state index in [1.54, 1.807) is 12.1 Å². The Morgan fingerprint density at radius 2 is 1.75 bits per heavy atom. The van der Waals surface area contributed by atoms with E-state index in [9.17, 15) is 9.59 Å². The number of halogens is 1. The van der Waals surface area contributed by atoms with Crippen LogP contribution in [0.15, 0.2) is 29.4 Å². The standard InChI is InChI=1S/C21H23ClN2O4/c1-21(2,3)28-18-14(22)7-11(8-15(18)27-4)10-23-24-19(25)16-12-5-6-13(9-12)17(16)20(24)26/h5-8,10,12-13,16-17H,9H2,1-4H3/t12-,13-,16-,17+/m0/s1. The van der Waals surface area contributed by atoms with E-state index in [2.05, 4.69) is 17.3 Å². The number of rotatable bonds is 4. The third-order valence-corrected chi connectivity index (χ3v) is 5.71. The molecule has 7 heteroatoms. The van der Waals surface area contributed by atoms with Crippen LogP contribution in [0.5, 0.6) is 11.5 Å². The molecule has 0 unspecified atom stereocenters. The van der Waals surface area contributed by atoms with Gasteiger partial charge in [0, 0.05) is 0 Å². The monoisotopic (exact) mass is 402 g/mol. The largest absolute Gasteiger partial charge is 0.493 e. The molecule has 1 aromatic rings. The average molecular weight is 403 g/mol. The number of imide groups is 1. The van der Waals surface area contributed by atoms with E-state index in [1.165, 1.54) is 13.3 Å². The zero-order valence-electron chi connectivity index (χ0n) is 16.3. The summed E-state index contributed by atoms with van der Waals surface area (Å²) in [5, 5.41) is 5.57.